The van der Waals surface area contributed by atoms with E-state index in [1.165, 1.54) is 10.9 Å². The fourth-order valence-electron chi connectivity index (χ4n) is 1.78. The number of rotatable bonds is 5. The van der Waals surface area contributed by atoms with E-state index < -0.39 is 5.97 Å². The van der Waals surface area contributed by atoms with E-state index in [0.29, 0.717) is 5.76 Å². The third kappa shape index (κ3) is 2.80. The zero-order valence-corrected chi connectivity index (χ0v) is 11.0. The van der Waals surface area contributed by atoms with Gasteiger partial charge in [-0.1, -0.05) is 6.07 Å². The molecule has 0 aliphatic rings. The molecule has 18 heavy (non-hydrogen) atoms. The van der Waals surface area contributed by atoms with Gasteiger partial charge in [-0.15, -0.1) is 11.3 Å². The molecule has 0 radical (unpaired) electrons. The van der Waals surface area contributed by atoms with E-state index in [1.54, 1.807) is 17.4 Å². The maximum atomic E-state index is 10.7. The minimum Gasteiger partial charge on any atom is -0.475 e. The normalized spacial score (nSPS) is 14.3. The zero-order valence-electron chi connectivity index (χ0n) is 10.2. The fraction of sp³-hybridized carbons (Fsp3) is 0.308. The van der Waals surface area contributed by atoms with Crippen LogP contribution in [0.25, 0.3) is 0 Å². The van der Waals surface area contributed by atoms with Crippen molar-refractivity contribution in [1.82, 2.24) is 5.32 Å². The number of carbonyl (C=O) groups is 1. The summed E-state index contributed by atoms with van der Waals surface area (Å²) in [5, 5.41) is 14.2. The van der Waals surface area contributed by atoms with E-state index in [4.69, 9.17) is 9.52 Å². The molecule has 0 saturated carbocycles. The summed E-state index contributed by atoms with van der Waals surface area (Å²) in [5.74, 6) is -0.432. The van der Waals surface area contributed by atoms with Crippen LogP contribution in [-0.2, 0) is 0 Å². The van der Waals surface area contributed by atoms with Crippen LogP contribution < -0.4 is 5.32 Å². The first kappa shape index (κ1) is 12.9. The molecule has 2 aromatic heterocycles. The molecule has 0 saturated heterocycles. The van der Waals surface area contributed by atoms with Gasteiger partial charge >= 0.3 is 5.97 Å². The van der Waals surface area contributed by atoms with E-state index in [1.807, 2.05) is 18.4 Å². The first-order valence-electron chi connectivity index (χ1n) is 5.70. The van der Waals surface area contributed by atoms with Crippen molar-refractivity contribution >= 4 is 17.3 Å². The SMILES string of the molecule is CC(N[C@@H](C)c1cccs1)c1ccc(C(=O)O)o1. The van der Waals surface area contributed by atoms with Gasteiger partial charge in [0.25, 0.3) is 0 Å². The van der Waals surface area contributed by atoms with Crippen LogP contribution in [0.4, 0.5) is 0 Å². The fourth-order valence-corrected chi connectivity index (χ4v) is 2.52. The van der Waals surface area contributed by atoms with Gasteiger partial charge in [-0.05, 0) is 37.4 Å². The minimum atomic E-state index is -1.04. The molecule has 2 atom stereocenters. The Morgan fingerprint density at radius 2 is 2.11 bits per heavy atom. The second kappa shape index (κ2) is 5.37. The van der Waals surface area contributed by atoms with Crippen molar-refractivity contribution in [2.24, 2.45) is 0 Å². The van der Waals surface area contributed by atoms with Gasteiger partial charge in [0.05, 0.1) is 6.04 Å². The number of carboxylic acids is 1. The van der Waals surface area contributed by atoms with Gasteiger partial charge in [0.15, 0.2) is 0 Å². The molecule has 2 heterocycles. The third-order valence-electron chi connectivity index (χ3n) is 2.73. The molecule has 96 valence electrons. The number of hydrogen-bond acceptors (Lipinski definition) is 4. The van der Waals surface area contributed by atoms with Gasteiger partial charge in [-0.3, -0.25) is 0 Å². The second-order valence-electron chi connectivity index (χ2n) is 4.13. The summed E-state index contributed by atoms with van der Waals surface area (Å²) in [6.07, 6.45) is 0. The summed E-state index contributed by atoms with van der Waals surface area (Å²) in [4.78, 5) is 12.0. The molecule has 0 amide bonds. The highest BCUT2D eigenvalue weighted by atomic mass is 32.1. The summed E-state index contributed by atoms with van der Waals surface area (Å²) in [7, 11) is 0. The average Bonchev–Trinajstić information content (AvgIpc) is 3.00. The maximum Gasteiger partial charge on any atom is 0.371 e. The molecule has 0 aromatic carbocycles. The summed E-state index contributed by atoms with van der Waals surface area (Å²) < 4.78 is 5.27. The highest BCUT2D eigenvalue weighted by Crippen LogP contribution is 2.23. The first-order chi connectivity index (χ1) is 8.58. The molecular weight excluding hydrogens is 250 g/mol. The molecule has 0 bridgehead atoms. The van der Waals surface area contributed by atoms with Crippen molar-refractivity contribution in [2.75, 3.05) is 0 Å². The predicted octanol–water partition coefficient (Wildman–Crippen LogP) is 3.45. The lowest BCUT2D eigenvalue weighted by atomic mass is 10.2. The lowest BCUT2D eigenvalue weighted by Gasteiger charge is -2.17. The van der Waals surface area contributed by atoms with Crippen LogP contribution in [0.1, 0.15) is 47.1 Å². The van der Waals surface area contributed by atoms with Gasteiger partial charge in [0, 0.05) is 10.9 Å². The van der Waals surface area contributed by atoms with Gasteiger partial charge in [-0.2, -0.15) is 0 Å². The van der Waals surface area contributed by atoms with Crippen LogP contribution in [0.2, 0.25) is 0 Å². The summed E-state index contributed by atoms with van der Waals surface area (Å²) in [6, 6.07) is 7.43. The van der Waals surface area contributed by atoms with E-state index in [9.17, 15) is 4.79 Å². The minimum absolute atomic E-state index is 0.0255. The highest BCUT2D eigenvalue weighted by Gasteiger charge is 2.16. The number of nitrogens with one attached hydrogen (secondary N) is 1. The number of furan rings is 1. The topological polar surface area (TPSA) is 62.5 Å². The lowest BCUT2D eigenvalue weighted by molar-refractivity contribution is 0.0659. The molecule has 5 heteroatoms. The van der Waals surface area contributed by atoms with Crippen LogP contribution in [0.15, 0.2) is 34.1 Å². The molecule has 2 aromatic rings. The zero-order chi connectivity index (χ0) is 13.1. The Labute approximate surface area is 109 Å². The standard InChI is InChI=1S/C13H15NO3S/c1-8(10-5-6-11(17-10)13(15)16)14-9(2)12-4-3-7-18-12/h3-9,14H,1-2H3,(H,15,16)/t8?,9-/m0/s1. The first-order valence-corrected chi connectivity index (χ1v) is 6.58. The van der Waals surface area contributed by atoms with Crippen molar-refractivity contribution in [3.8, 4) is 0 Å². The van der Waals surface area contributed by atoms with Crippen LogP contribution in [-0.4, -0.2) is 11.1 Å². The molecular formula is C13H15NO3S. The van der Waals surface area contributed by atoms with Crippen LogP contribution in [0.5, 0.6) is 0 Å². The monoisotopic (exact) mass is 265 g/mol. The second-order valence-corrected chi connectivity index (χ2v) is 5.11. The van der Waals surface area contributed by atoms with E-state index in [2.05, 4.69) is 18.3 Å². The van der Waals surface area contributed by atoms with Crippen LogP contribution in [0, 0.1) is 0 Å². The average molecular weight is 265 g/mol. The van der Waals surface area contributed by atoms with Gasteiger partial charge in [0.2, 0.25) is 5.76 Å². The van der Waals surface area contributed by atoms with Crippen molar-refractivity contribution < 1.29 is 14.3 Å². The summed E-state index contributed by atoms with van der Waals surface area (Å²) in [5.41, 5.74) is 0. The Bertz CT molecular complexity index is 518. The Morgan fingerprint density at radius 3 is 2.67 bits per heavy atom. The van der Waals surface area contributed by atoms with Gasteiger partial charge < -0.3 is 14.8 Å². The maximum absolute atomic E-state index is 10.7. The molecule has 0 aliphatic carbocycles. The Hall–Kier alpha value is -1.59. The predicted molar refractivity (Wildman–Crippen MR) is 70.0 cm³/mol. The van der Waals surface area contributed by atoms with Crippen molar-refractivity contribution in [1.29, 1.82) is 0 Å². The van der Waals surface area contributed by atoms with Crippen LogP contribution in [0.3, 0.4) is 0 Å². The Balaban J connectivity index is 2.02. The molecule has 1 unspecified atom stereocenters. The quantitative estimate of drug-likeness (QED) is 0.869. The summed E-state index contributed by atoms with van der Waals surface area (Å²) >= 11 is 1.69. The third-order valence-corrected chi connectivity index (χ3v) is 3.79. The molecule has 0 spiro atoms. The van der Waals surface area contributed by atoms with Crippen LogP contribution >= 0.6 is 11.3 Å². The summed E-state index contributed by atoms with van der Waals surface area (Å²) in [6.45, 7) is 4.03. The molecule has 0 aliphatic heterocycles. The number of carboxylic acid groups (broad SMARTS) is 1. The van der Waals surface area contributed by atoms with Crippen molar-refractivity contribution in [3.05, 3.63) is 46.0 Å². The number of aromatic carboxylic acids is 1. The largest absolute Gasteiger partial charge is 0.475 e. The molecule has 2 rings (SSSR count). The van der Waals surface area contributed by atoms with Crippen molar-refractivity contribution in [2.45, 2.75) is 25.9 Å². The lowest BCUT2D eigenvalue weighted by Crippen LogP contribution is -2.21. The van der Waals surface area contributed by atoms with E-state index in [0.717, 1.165) is 0 Å². The number of hydrogen-bond donors (Lipinski definition) is 2. The van der Waals surface area contributed by atoms with Gasteiger partial charge in [-0.25, -0.2) is 4.79 Å². The Kier molecular flexibility index (Phi) is 3.84. The highest BCUT2D eigenvalue weighted by molar-refractivity contribution is 7.10. The van der Waals surface area contributed by atoms with E-state index >= 15 is 0 Å². The molecule has 2 N–H and O–H groups in total. The molecule has 4 nitrogen and oxygen atoms in total. The number of thiophene rings is 1. The van der Waals surface area contributed by atoms with Crippen molar-refractivity contribution in [3.63, 3.8) is 0 Å². The van der Waals surface area contributed by atoms with E-state index in [-0.39, 0.29) is 17.8 Å². The molecule has 0 fully saturated rings. The smallest absolute Gasteiger partial charge is 0.371 e. The van der Waals surface area contributed by atoms with Gasteiger partial charge in [0.1, 0.15) is 5.76 Å². The Morgan fingerprint density at radius 1 is 1.33 bits per heavy atom.